The number of amides is 1. The van der Waals surface area contributed by atoms with Gasteiger partial charge in [-0.1, -0.05) is 30.3 Å². The molecule has 1 amide bonds. The van der Waals surface area contributed by atoms with E-state index in [2.05, 4.69) is 10.3 Å². The summed E-state index contributed by atoms with van der Waals surface area (Å²) in [5.74, 6) is 0.00116. The average Bonchev–Trinajstić information content (AvgIpc) is 2.91. The molecule has 0 fully saturated rings. The van der Waals surface area contributed by atoms with Crippen molar-refractivity contribution in [2.24, 2.45) is 0 Å². The molecule has 0 spiro atoms. The Bertz CT molecular complexity index is 779. The van der Waals surface area contributed by atoms with Gasteiger partial charge in [0.25, 0.3) is 0 Å². The first-order valence-corrected chi connectivity index (χ1v) is 7.98. The van der Waals surface area contributed by atoms with E-state index in [0.717, 1.165) is 27.0 Å². The molecule has 2 aromatic carbocycles. The van der Waals surface area contributed by atoms with Crippen LogP contribution in [-0.2, 0) is 11.2 Å². The molecule has 0 aliphatic heterocycles. The maximum absolute atomic E-state index is 12.3. The molecule has 0 saturated carbocycles. The molecular formula is C17H16N2OS. The minimum atomic E-state index is 0.00116. The SMILES string of the molecule is CSc1ccccc1NC(=O)Cc1c[nH]c2ccccc12. The molecule has 3 aromatic rings. The summed E-state index contributed by atoms with van der Waals surface area (Å²) in [4.78, 5) is 16.5. The predicted octanol–water partition coefficient (Wildman–Crippen LogP) is 4.07. The summed E-state index contributed by atoms with van der Waals surface area (Å²) in [6, 6.07) is 15.9. The molecule has 0 atom stereocenters. The Hall–Kier alpha value is -2.20. The van der Waals surface area contributed by atoms with Crippen LogP contribution >= 0.6 is 11.8 Å². The molecule has 0 unspecified atom stereocenters. The number of hydrogen-bond acceptors (Lipinski definition) is 2. The van der Waals surface area contributed by atoms with Gasteiger partial charge in [0.05, 0.1) is 12.1 Å². The van der Waals surface area contributed by atoms with Crippen LogP contribution in [0.5, 0.6) is 0 Å². The van der Waals surface area contributed by atoms with E-state index in [1.807, 2.05) is 61.0 Å². The molecule has 0 bridgehead atoms. The second-order valence-corrected chi connectivity index (χ2v) is 5.63. The van der Waals surface area contributed by atoms with E-state index < -0.39 is 0 Å². The Kier molecular flexibility index (Phi) is 3.97. The van der Waals surface area contributed by atoms with Crippen LogP contribution < -0.4 is 5.32 Å². The number of aromatic amines is 1. The fourth-order valence-corrected chi connectivity index (χ4v) is 2.95. The number of carbonyl (C=O) groups excluding carboxylic acids is 1. The smallest absolute Gasteiger partial charge is 0.228 e. The largest absolute Gasteiger partial charge is 0.361 e. The van der Waals surface area contributed by atoms with Crippen LogP contribution in [0, 0.1) is 0 Å². The number of aromatic nitrogens is 1. The van der Waals surface area contributed by atoms with Gasteiger partial charge in [-0.2, -0.15) is 0 Å². The molecule has 0 aliphatic rings. The lowest BCUT2D eigenvalue weighted by Gasteiger charge is -2.08. The highest BCUT2D eigenvalue weighted by Crippen LogP contribution is 2.25. The molecule has 3 nitrogen and oxygen atoms in total. The molecular weight excluding hydrogens is 280 g/mol. The highest BCUT2D eigenvalue weighted by atomic mass is 32.2. The lowest BCUT2D eigenvalue weighted by Crippen LogP contribution is -2.14. The van der Waals surface area contributed by atoms with Gasteiger partial charge < -0.3 is 10.3 Å². The third-order valence-corrected chi connectivity index (χ3v) is 4.20. The van der Waals surface area contributed by atoms with Gasteiger partial charge in [-0.25, -0.2) is 0 Å². The molecule has 2 N–H and O–H groups in total. The maximum atomic E-state index is 12.3. The molecule has 106 valence electrons. The number of nitrogens with one attached hydrogen (secondary N) is 2. The van der Waals surface area contributed by atoms with Crippen molar-refractivity contribution in [1.29, 1.82) is 0 Å². The lowest BCUT2D eigenvalue weighted by atomic mass is 10.1. The van der Waals surface area contributed by atoms with Crippen LogP contribution in [0.4, 0.5) is 5.69 Å². The summed E-state index contributed by atoms with van der Waals surface area (Å²) in [6.07, 6.45) is 4.28. The lowest BCUT2D eigenvalue weighted by molar-refractivity contribution is -0.115. The first-order valence-electron chi connectivity index (χ1n) is 6.76. The van der Waals surface area contributed by atoms with Crippen LogP contribution in [0.3, 0.4) is 0 Å². The monoisotopic (exact) mass is 296 g/mol. The normalized spacial score (nSPS) is 10.7. The van der Waals surface area contributed by atoms with Crippen molar-refractivity contribution < 1.29 is 4.79 Å². The minimum Gasteiger partial charge on any atom is -0.361 e. The van der Waals surface area contributed by atoms with Crippen molar-refractivity contribution in [3.8, 4) is 0 Å². The topological polar surface area (TPSA) is 44.9 Å². The zero-order valence-corrected chi connectivity index (χ0v) is 12.5. The third-order valence-electron chi connectivity index (χ3n) is 3.41. The molecule has 1 heterocycles. The fraction of sp³-hybridized carbons (Fsp3) is 0.118. The van der Waals surface area contributed by atoms with Gasteiger partial charge in [-0.15, -0.1) is 11.8 Å². The van der Waals surface area contributed by atoms with Crippen molar-refractivity contribution in [1.82, 2.24) is 4.98 Å². The first-order chi connectivity index (χ1) is 10.3. The molecule has 4 heteroatoms. The Morgan fingerprint density at radius 3 is 2.76 bits per heavy atom. The Morgan fingerprint density at radius 1 is 1.14 bits per heavy atom. The van der Waals surface area contributed by atoms with E-state index >= 15 is 0 Å². The van der Waals surface area contributed by atoms with Gasteiger partial charge >= 0.3 is 0 Å². The Morgan fingerprint density at radius 2 is 1.90 bits per heavy atom. The second-order valence-electron chi connectivity index (χ2n) is 4.78. The number of anilines is 1. The summed E-state index contributed by atoms with van der Waals surface area (Å²) in [5.41, 5.74) is 2.95. The van der Waals surface area contributed by atoms with E-state index in [4.69, 9.17) is 0 Å². The zero-order valence-electron chi connectivity index (χ0n) is 11.7. The van der Waals surface area contributed by atoms with Gasteiger partial charge in [-0.05, 0) is 30.0 Å². The number of thioether (sulfide) groups is 1. The van der Waals surface area contributed by atoms with Crippen LogP contribution in [0.1, 0.15) is 5.56 Å². The Balaban J connectivity index is 1.77. The summed E-state index contributed by atoms with van der Waals surface area (Å²) in [7, 11) is 0. The first kappa shape index (κ1) is 13.8. The van der Waals surface area contributed by atoms with Crippen LogP contribution in [0.2, 0.25) is 0 Å². The van der Waals surface area contributed by atoms with Crippen molar-refractivity contribution in [3.63, 3.8) is 0 Å². The van der Waals surface area contributed by atoms with Crippen LogP contribution in [0.15, 0.2) is 59.6 Å². The van der Waals surface area contributed by atoms with E-state index in [-0.39, 0.29) is 5.91 Å². The van der Waals surface area contributed by atoms with Gasteiger partial charge in [0.15, 0.2) is 0 Å². The summed E-state index contributed by atoms with van der Waals surface area (Å²) < 4.78 is 0. The number of H-pyrrole nitrogens is 1. The van der Waals surface area contributed by atoms with E-state index in [1.54, 1.807) is 11.8 Å². The van der Waals surface area contributed by atoms with Crippen molar-refractivity contribution >= 4 is 34.3 Å². The third kappa shape index (κ3) is 2.95. The number of para-hydroxylation sites is 2. The van der Waals surface area contributed by atoms with E-state index in [0.29, 0.717) is 6.42 Å². The molecule has 0 saturated heterocycles. The van der Waals surface area contributed by atoms with E-state index in [9.17, 15) is 4.79 Å². The standard InChI is InChI=1S/C17H16N2OS/c1-21-16-9-5-4-8-15(16)19-17(20)10-12-11-18-14-7-3-2-6-13(12)14/h2-9,11,18H,10H2,1H3,(H,19,20). The van der Waals surface area contributed by atoms with Crippen LogP contribution in [0.25, 0.3) is 10.9 Å². The highest BCUT2D eigenvalue weighted by Gasteiger charge is 2.10. The van der Waals surface area contributed by atoms with Crippen molar-refractivity contribution in [3.05, 3.63) is 60.3 Å². The quantitative estimate of drug-likeness (QED) is 0.713. The van der Waals surface area contributed by atoms with Gasteiger partial charge in [-0.3, -0.25) is 4.79 Å². The van der Waals surface area contributed by atoms with Crippen LogP contribution in [-0.4, -0.2) is 17.1 Å². The highest BCUT2D eigenvalue weighted by molar-refractivity contribution is 7.98. The molecule has 3 rings (SSSR count). The van der Waals surface area contributed by atoms with Gasteiger partial charge in [0.1, 0.15) is 0 Å². The zero-order chi connectivity index (χ0) is 14.7. The predicted molar refractivity (Wildman–Crippen MR) is 88.9 cm³/mol. The fourth-order valence-electron chi connectivity index (χ4n) is 2.39. The van der Waals surface area contributed by atoms with Crippen molar-refractivity contribution in [2.75, 3.05) is 11.6 Å². The minimum absolute atomic E-state index is 0.00116. The Labute approximate surface area is 127 Å². The number of carbonyl (C=O) groups is 1. The number of benzene rings is 2. The molecule has 0 aliphatic carbocycles. The number of hydrogen-bond donors (Lipinski definition) is 2. The van der Waals surface area contributed by atoms with E-state index in [1.165, 1.54) is 0 Å². The number of fused-ring (bicyclic) bond motifs is 1. The van der Waals surface area contributed by atoms with Gasteiger partial charge in [0.2, 0.25) is 5.91 Å². The van der Waals surface area contributed by atoms with Gasteiger partial charge in [0, 0.05) is 22.0 Å². The maximum Gasteiger partial charge on any atom is 0.228 e. The summed E-state index contributed by atoms with van der Waals surface area (Å²) in [5, 5.41) is 4.09. The summed E-state index contributed by atoms with van der Waals surface area (Å²) in [6.45, 7) is 0. The molecule has 1 aromatic heterocycles. The molecule has 21 heavy (non-hydrogen) atoms. The second kappa shape index (κ2) is 6.06. The molecule has 0 radical (unpaired) electrons. The summed E-state index contributed by atoms with van der Waals surface area (Å²) >= 11 is 1.63. The average molecular weight is 296 g/mol. The number of rotatable bonds is 4. The van der Waals surface area contributed by atoms with Crippen molar-refractivity contribution in [2.45, 2.75) is 11.3 Å².